The van der Waals surface area contributed by atoms with Gasteiger partial charge < -0.3 is 14.8 Å². The van der Waals surface area contributed by atoms with Crippen LogP contribution in [0.1, 0.15) is 13.8 Å². The van der Waals surface area contributed by atoms with Crippen LogP contribution >= 0.6 is 0 Å². The molecule has 1 aromatic heterocycles. The summed E-state index contributed by atoms with van der Waals surface area (Å²) in [6.07, 6.45) is -0.0146. The molecule has 0 amide bonds. The molecule has 1 aliphatic rings. The van der Waals surface area contributed by atoms with E-state index in [0.29, 0.717) is 5.95 Å². The first-order valence-electron chi connectivity index (χ1n) is 7.10. The number of nitrogens with two attached hydrogens (primary N) is 1. The van der Waals surface area contributed by atoms with Gasteiger partial charge in [-0.05, 0) is 13.8 Å². The first-order chi connectivity index (χ1) is 10.2. The lowest BCUT2D eigenvalue weighted by Crippen LogP contribution is -2.39. The predicted octanol–water partition coefficient (Wildman–Crippen LogP) is -0.311. The van der Waals surface area contributed by atoms with Gasteiger partial charge in [-0.25, -0.2) is 5.84 Å². The highest BCUT2D eigenvalue weighted by Crippen LogP contribution is 2.11. The predicted molar refractivity (Wildman–Crippen MR) is 79.1 cm³/mol. The SMILES string of the molecule is CC(C)Oc1nc(NN)nc(NCCN2CCOCC2)n1. The van der Waals surface area contributed by atoms with Crippen molar-refractivity contribution in [1.29, 1.82) is 0 Å². The van der Waals surface area contributed by atoms with E-state index in [0.717, 1.165) is 39.4 Å². The van der Waals surface area contributed by atoms with Gasteiger partial charge in [0.25, 0.3) is 0 Å². The quantitative estimate of drug-likeness (QED) is 0.461. The van der Waals surface area contributed by atoms with E-state index in [1.807, 2.05) is 13.8 Å². The van der Waals surface area contributed by atoms with Gasteiger partial charge >= 0.3 is 6.01 Å². The summed E-state index contributed by atoms with van der Waals surface area (Å²) >= 11 is 0. The second-order valence-electron chi connectivity index (χ2n) is 4.96. The van der Waals surface area contributed by atoms with Crippen molar-refractivity contribution in [2.75, 3.05) is 50.1 Å². The molecule has 21 heavy (non-hydrogen) atoms. The molecule has 2 rings (SSSR count). The van der Waals surface area contributed by atoms with Crippen molar-refractivity contribution < 1.29 is 9.47 Å². The molecule has 0 aromatic carbocycles. The summed E-state index contributed by atoms with van der Waals surface area (Å²) in [6, 6.07) is 0.252. The fraction of sp³-hybridized carbons (Fsp3) is 0.750. The number of rotatable bonds is 7. The molecule has 0 atom stereocenters. The Morgan fingerprint density at radius 3 is 2.62 bits per heavy atom. The van der Waals surface area contributed by atoms with Gasteiger partial charge in [-0.3, -0.25) is 10.3 Å². The first-order valence-corrected chi connectivity index (χ1v) is 7.10. The van der Waals surface area contributed by atoms with Crippen molar-refractivity contribution in [2.24, 2.45) is 5.84 Å². The molecule has 9 heteroatoms. The largest absolute Gasteiger partial charge is 0.461 e. The highest BCUT2D eigenvalue weighted by atomic mass is 16.5. The van der Waals surface area contributed by atoms with Crippen LogP contribution in [-0.2, 0) is 4.74 Å². The summed E-state index contributed by atoms with van der Waals surface area (Å²) in [5.41, 5.74) is 2.41. The molecule has 0 radical (unpaired) electrons. The lowest BCUT2D eigenvalue weighted by atomic mass is 10.4. The third-order valence-electron chi connectivity index (χ3n) is 2.90. The number of aromatic nitrogens is 3. The molecule has 118 valence electrons. The second-order valence-corrected chi connectivity index (χ2v) is 4.96. The second kappa shape index (κ2) is 7.91. The monoisotopic (exact) mass is 297 g/mol. The zero-order valence-electron chi connectivity index (χ0n) is 12.5. The third-order valence-corrected chi connectivity index (χ3v) is 2.90. The Bertz CT molecular complexity index is 438. The van der Waals surface area contributed by atoms with Gasteiger partial charge in [-0.2, -0.15) is 15.0 Å². The molecular formula is C12H23N7O2. The summed E-state index contributed by atoms with van der Waals surface area (Å²) in [6.45, 7) is 8.94. The van der Waals surface area contributed by atoms with E-state index in [2.05, 4.69) is 30.6 Å². The Balaban J connectivity index is 1.88. The maximum atomic E-state index is 5.47. The number of hydrogen-bond donors (Lipinski definition) is 3. The smallest absolute Gasteiger partial charge is 0.323 e. The molecule has 1 aliphatic heterocycles. The Labute approximate surface area is 124 Å². The summed E-state index contributed by atoms with van der Waals surface area (Å²) in [5.74, 6) is 6.07. The fourth-order valence-corrected chi connectivity index (χ4v) is 1.91. The molecule has 9 nitrogen and oxygen atoms in total. The maximum Gasteiger partial charge on any atom is 0.323 e. The van der Waals surface area contributed by atoms with Crippen LogP contribution in [0.4, 0.5) is 11.9 Å². The number of anilines is 2. The van der Waals surface area contributed by atoms with Gasteiger partial charge in [0.1, 0.15) is 0 Å². The minimum absolute atomic E-state index is 0.0146. The average Bonchev–Trinajstić information content (AvgIpc) is 2.47. The molecule has 0 bridgehead atoms. The molecule has 0 spiro atoms. The minimum Gasteiger partial charge on any atom is -0.461 e. The summed E-state index contributed by atoms with van der Waals surface area (Å²) in [4.78, 5) is 14.7. The van der Waals surface area contributed by atoms with Gasteiger partial charge in [0.15, 0.2) is 0 Å². The summed E-state index contributed by atoms with van der Waals surface area (Å²) < 4.78 is 10.8. The Hall–Kier alpha value is -1.71. The van der Waals surface area contributed by atoms with Crippen LogP contribution in [0.5, 0.6) is 6.01 Å². The van der Waals surface area contributed by atoms with Gasteiger partial charge in [-0.1, -0.05) is 0 Å². The van der Waals surface area contributed by atoms with Crippen LogP contribution in [0.15, 0.2) is 0 Å². The molecule has 0 unspecified atom stereocenters. The van der Waals surface area contributed by atoms with Crippen molar-refractivity contribution in [3.63, 3.8) is 0 Å². The molecule has 4 N–H and O–H groups in total. The third kappa shape index (κ3) is 5.29. The van der Waals surface area contributed by atoms with Gasteiger partial charge in [-0.15, -0.1) is 0 Å². The molecule has 1 aromatic rings. The van der Waals surface area contributed by atoms with Crippen molar-refractivity contribution in [3.8, 4) is 6.01 Å². The number of nitrogens with zero attached hydrogens (tertiary/aromatic N) is 4. The number of nitrogens with one attached hydrogen (secondary N) is 2. The van der Waals surface area contributed by atoms with E-state index < -0.39 is 0 Å². The van der Waals surface area contributed by atoms with E-state index in [-0.39, 0.29) is 18.1 Å². The minimum atomic E-state index is -0.0146. The number of hydrogen-bond acceptors (Lipinski definition) is 9. The topological polar surface area (TPSA) is 110 Å². The number of nitrogen functional groups attached to an aromatic ring is 1. The van der Waals surface area contributed by atoms with E-state index >= 15 is 0 Å². The average molecular weight is 297 g/mol. The van der Waals surface area contributed by atoms with Crippen LogP contribution in [0, 0.1) is 0 Å². The normalized spacial score (nSPS) is 16.0. The summed E-state index contributed by atoms with van der Waals surface area (Å²) in [5, 5.41) is 3.16. The zero-order valence-corrected chi connectivity index (χ0v) is 12.5. The Morgan fingerprint density at radius 1 is 1.24 bits per heavy atom. The lowest BCUT2D eigenvalue weighted by molar-refractivity contribution is 0.0398. The zero-order chi connectivity index (χ0) is 15.1. The molecule has 1 fully saturated rings. The number of hydrazine groups is 1. The van der Waals surface area contributed by atoms with E-state index in [1.54, 1.807) is 0 Å². The highest BCUT2D eigenvalue weighted by Gasteiger charge is 2.11. The van der Waals surface area contributed by atoms with Crippen LogP contribution in [0.25, 0.3) is 0 Å². The standard InChI is InChI=1S/C12H23N7O2/c1-9(2)21-12-16-10(15-11(17-12)18-13)14-3-4-19-5-7-20-8-6-19/h9H,3-8,13H2,1-2H3,(H2,14,15,16,17,18). The fourth-order valence-electron chi connectivity index (χ4n) is 1.91. The Kier molecular flexibility index (Phi) is 5.90. The number of morpholine rings is 1. The highest BCUT2D eigenvalue weighted by molar-refractivity contribution is 5.34. The molecular weight excluding hydrogens is 274 g/mol. The van der Waals surface area contributed by atoms with E-state index in [9.17, 15) is 0 Å². The van der Waals surface area contributed by atoms with Gasteiger partial charge in [0.2, 0.25) is 11.9 Å². The Morgan fingerprint density at radius 2 is 1.95 bits per heavy atom. The van der Waals surface area contributed by atoms with Crippen molar-refractivity contribution in [2.45, 2.75) is 20.0 Å². The maximum absolute atomic E-state index is 5.47. The van der Waals surface area contributed by atoms with Gasteiger partial charge in [0.05, 0.1) is 19.3 Å². The summed E-state index contributed by atoms with van der Waals surface area (Å²) in [7, 11) is 0. The van der Waals surface area contributed by atoms with Crippen molar-refractivity contribution in [1.82, 2.24) is 19.9 Å². The van der Waals surface area contributed by atoms with Crippen molar-refractivity contribution in [3.05, 3.63) is 0 Å². The van der Waals surface area contributed by atoms with Crippen LogP contribution in [0.3, 0.4) is 0 Å². The van der Waals surface area contributed by atoms with Crippen LogP contribution < -0.4 is 21.3 Å². The molecule has 1 saturated heterocycles. The van der Waals surface area contributed by atoms with Crippen LogP contribution in [-0.4, -0.2) is 65.3 Å². The molecule has 2 heterocycles. The van der Waals surface area contributed by atoms with E-state index in [1.165, 1.54) is 0 Å². The number of ether oxygens (including phenoxy) is 2. The van der Waals surface area contributed by atoms with Crippen molar-refractivity contribution >= 4 is 11.9 Å². The van der Waals surface area contributed by atoms with Gasteiger partial charge in [0, 0.05) is 26.2 Å². The molecule has 0 aliphatic carbocycles. The lowest BCUT2D eigenvalue weighted by Gasteiger charge is -2.26. The van der Waals surface area contributed by atoms with Crippen LogP contribution in [0.2, 0.25) is 0 Å². The molecule has 0 saturated carbocycles. The first kappa shape index (κ1) is 15.7. The van der Waals surface area contributed by atoms with E-state index in [4.69, 9.17) is 15.3 Å².